The summed E-state index contributed by atoms with van der Waals surface area (Å²) in [6.07, 6.45) is 6.43. The predicted molar refractivity (Wildman–Crippen MR) is 108 cm³/mol. The third-order valence-corrected chi connectivity index (χ3v) is 6.36. The number of fused-ring (bicyclic) bond motifs is 1. The van der Waals surface area contributed by atoms with Crippen molar-refractivity contribution in [1.82, 2.24) is 0 Å². The summed E-state index contributed by atoms with van der Waals surface area (Å²) in [6.45, 7) is 0. The fourth-order valence-electron chi connectivity index (χ4n) is 3.79. The molecule has 1 heterocycles. The van der Waals surface area contributed by atoms with Crippen molar-refractivity contribution in [2.75, 3.05) is 7.11 Å². The van der Waals surface area contributed by atoms with Gasteiger partial charge in [0, 0.05) is 10.1 Å². The standard InChI is InChI=1S/C22H22O4S/c1-25-17-11-12-19-18(13-17)20(21(27-19)22(23)24)26-16-9-7-15(8-10-16)14-5-3-2-4-6-14/h7-14H,2-6H2,1H3,(H,23,24). The number of carboxylic acid groups (broad SMARTS) is 1. The van der Waals surface area contributed by atoms with Gasteiger partial charge < -0.3 is 14.6 Å². The van der Waals surface area contributed by atoms with E-state index in [4.69, 9.17) is 9.47 Å². The average Bonchev–Trinajstić information content (AvgIpc) is 3.07. The second-order valence-corrected chi connectivity index (χ2v) is 7.99. The average molecular weight is 382 g/mol. The monoisotopic (exact) mass is 382 g/mol. The highest BCUT2D eigenvalue weighted by Crippen LogP contribution is 2.42. The molecule has 140 valence electrons. The molecular formula is C22H22O4S. The van der Waals surface area contributed by atoms with Gasteiger partial charge in [0.1, 0.15) is 11.5 Å². The first kappa shape index (κ1) is 17.9. The Kier molecular flexibility index (Phi) is 5.03. The lowest BCUT2D eigenvalue weighted by atomic mass is 9.84. The highest BCUT2D eigenvalue weighted by atomic mass is 32.1. The molecule has 2 aromatic carbocycles. The molecule has 1 fully saturated rings. The summed E-state index contributed by atoms with van der Waals surface area (Å²) in [5.74, 6) is 1.36. The topological polar surface area (TPSA) is 55.8 Å². The van der Waals surface area contributed by atoms with Crippen LogP contribution in [-0.4, -0.2) is 18.2 Å². The van der Waals surface area contributed by atoms with Gasteiger partial charge in [-0.2, -0.15) is 0 Å². The number of benzene rings is 2. The highest BCUT2D eigenvalue weighted by Gasteiger charge is 2.21. The van der Waals surface area contributed by atoms with E-state index < -0.39 is 5.97 Å². The number of thiophene rings is 1. The lowest BCUT2D eigenvalue weighted by Crippen LogP contribution is -2.04. The second-order valence-electron chi connectivity index (χ2n) is 6.93. The van der Waals surface area contributed by atoms with Crippen LogP contribution in [0.4, 0.5) is 0 Å². The molecule has 0 spiro atoms. The van der Waals surface area contributed by atoms with Crippen LogP contribution in [0.1, 0.15) is 53.3 Å². The Morgan fingerprint density at radius 1 is 1.04 bits per heavy atom. The van der Waals surface area contributed by atoms with E-state index >= 15 is 0 Å². The van der Waals surface area contributed by atoms with Gasteiger partial charge in [0.25, 0.3) is 0 Å². The fourth-order valence-corrected chi connectivity index (χ4v) is 4.73. The van der Waals surface area contributed by atoms with Crippen LogP contribution in [0.3, 0.4) is 0 Å². The third kappa shape index (κ3) is 3.65. The minimum absolute atomic E-state index is 0.203. The molecule has 1 aromatic heterocycles. The first-order valence-electron chi connectivity index (χ1n) is 9.27. The predicted octanol–water partition coefficient (Wildman–Crippen LogP) is 6.45. The Morgan fingerprint density at radius 2 is 1.74 bits per heavy atom. The molecule has 1 saturated carbocycles. The van der Waals surface area contributed by atoms with E-state index in [2.05, 4.69) is 12.1 Å². The second kappa shape index (κ2) is 7.61. The zero-order chi connectivity index (χ0) is 18.8. The van der Waals surface area contributed by atoms with Gasteiger partial charge in [-0.15, -0.1) is 11.3 Å². The molecule has 0 aliphatic heterocycles. The van der Waals surface area contributed by atoms with Crippen LogP contribution in [0.25, 0.3) is 10.1 Å². The van der Waals surface area contributed by atoms with Crippen LogP contribution in [0.2, 0.25) is 0 Å². The third-order valence-electron chi connectivity index (χ3n) is 5.22. The number of aromatic carboxylic acids is 1. The van der Waals surface area contributed by atoms with E-state index in [1.54, 1.807) is 7.11 Å². The summed E-state index contributed by atoms with van der Waals surface area (Å²) < 4.78 is 12.2. The molecule has 1 aliphatic carbocycles. The van der Waals surface area contributed by atoms with Crippen LogP contribution < -0.4 is 9.47 Å². The summed E-state index contributed by atoms with van der Waals surface area (Å²) in [5.41, 5.74) is 1.34. The van der Waals surface area contributed by atoms with Crippen molar-refractivity contribution >= 4 is 27.4 Å². The number of carboxylic acids is 1. The molecule has 0 unspecified atom stereocenters. The highest BCUT2D eigenvalue weighted by molar-refractivity contribution is 7.21. The Bertz CT molecular complexity index is 952. The summed E-state index contributed by atoms with van der Waals surface area (Å²) in [7, 11) is 1.59. The molecule has 0 atom stereocenters. The van der Waals surface area contributed by atoms with Gasteiger partial charge in [0.2, 0.25) is 0 Å². The number of rotatable bonds is 5. The van der Waals surface area contributed by atoms with Crippen LogP contribution >= 0.6 is 11.3 Å². The number of carbonyl (C=O) groups is 1. The number of ether oxygens (including phenoxy) is 2. The lowest BCUT2D eigenvalue weighted by molar-refractivity contribution is 0.0700. The van der Waals surface area contributed by atoms with Crippen LogP contribution in [-0.2, 0) is 0 Å². The molecule has 1 aliphatic rings. The van der Waals surface area contributed by atoms with Crippen molar-refractivity contribution in [3.8, 4) is 17.2 Å². The van der Waals surface area contributed by atoms with Crippen molar-refractivity contribution in [2.24, 2.45) is 0 Å². The zero-order valence-corrected chi connectivity index (χ0v) is 16.1. The molecule has 1 N–H and O–H groups in total. The fraction of sp³-hybridized carbons (Fsp3) is 0.318. The molecule has 4 rings (SSSR count). The Hall–Kier alpha value is -2.53. The Labute approximate surface area is 162 Å². The summed E-state index contributed by atoms with van der Waals surface area (Å²) in [6, 6.07) is 13.6. The first-order chi connectivity index (χ1) is 13.2. The van der Waals surface area contributed by atoms with Crippen molar-refractivity contribution in [1.29, 1.82) is 0 Å². The summed E-state index contributed by atoms with van der Waals surface area (Å²) in [5, 5.41) is 10.3. The largest absolute Gasteiger partial charge is 0.497 e. The van der Waals surface area contributed by atoms with Crippen LogP contribution in [0, 0.1) is 0 Å². The van der Waals surface area contributed by atoms with E-state index in [1.165, 1.54) is 49.0 Å². The van der Waals surface area contributed by atoms with Crippen LogP contribution in [0.15, 0.2) is 42.5 Å². The van der Waals surface area contributed by atoms with Gasteiger partial charge in [-0.05, 0) is 54.7 Å². The Balaban J connectivity index is 1.65. The summed E-state index contributed by atoms with van der Waals surface area (Å²) >= 11 is 1.22. The first-order valence-corrected chi connectivity index (χ1v) is 10.1. The van der Waals surface area contributed by atoms with E-state index in [0.29, 0.717) is 23.2 Å². The van der Waals surface area contributed by atoms with Gasteiger partial charge in [-0.25, -0.2) is 4.79 Å². The lowest BCUT2D eigenvalue weighted by Gasteiger charge is -2.22. The molecule has 3 aromatic rings. The van der Waals surface area contributed by atoms with Gasteiger partial charge in [0.05, 0.1) is 7.11 Å². The normalized spacial score (nSPS) is 15.0. The van der Waals surface area contributed by atoms with Crippen LogP contribution in [0.5, 0.6) is 17.2 Å². The van der Waals surface area contributed by atoms with E-state index in [9.17, 15) is 9.90 Å². The maximum atomic E-state index is 11.7. The van der Waals surface area contributed by atoms with Gasteiger partial charge in [0.15, 0.2) is 10.6 Å². The van der Waals surface area contributed by atoms with Crippen molar-refractivity contribution in [2.45, 2.75) is 38.0 Å². The van der Waals surface area contributed by atoms with Gasteiger partial charge >= 0.3 is 5.97 Å². The van der Waals surface area contributed by atoms with Crippen molar-refractivity contribution in [3.05, 3.63) is 52.9 Å². The zero-order valence-electron chi connectivity index (χ0n) is 15.2. The molecular weight excluding hydrogens is 360 g/mol. The quantitative estimate of drug-likeness (QED) is 0.551. The smallest absolute Gasteiger partial charge is 0.349 e. The summed E-state index contributed by atoms with van der Waals surface area (Å²) in [4.78, 5) is 11.9. The molecule has 4 nitrogen and oxygen atoms in total. The minimum atomic E-state index is -0.982. The SMILES string of the molecule is COc1ccc2sc(C(=O)O)c(Oc3ccc(C4CCCCC4)cc3)c2c1. The van der Waals surface area contributed by atoms with Gasteiger partial charge in [-0.1, -0.05) is 31.4 Å². The maximum absolute atomic E-state index is 11.7. The number of methoxy groups -OCH3 is 1. The van der Waals surface area contributed by atoms with Crippen molar-refractivity contribution < 1.29 is 19.4 Å². The molecule has 5 heteroatoms. The van der Waals surface area contributed by atoms with Gasteiger partial charge in [-0.3, -0.25) is 0 Å². The molecule has 0 bridgehead atoms. The number of hydrogen-bond acceptors (Lipinski definition) is 4. The van der Waals surface area contributed by atoms with E-state index in [1.807, 2.05) is 30.3 Å². The van der Waals surface area contributed by atoms with E-state index in [-0.39, 0.29) is 4.88 Å². The maximum Gasteiger partial charge on any atom is 0.349 e. The molecule has 0 radical (unpaired) electrons. The molecule has 0 amide bonds. The van der Waals surface area contributed by atoms with E-state index in [0.717, 1.165) is 10.1 Å². The molecule has 27 heavy (non-hydrogen) atoms. The van der Waals surface area contributed by atoms with Crippen molar-refractivity contribution in [3.63, 3.8) is 0 Å². The molecule has 0 saturated heterocycles. The minimum Gasteiger partial charge on any atom is -0.497 e. The Morgan fingerprint density at radius 3 is 2.41 bits per heavy atom. The number of hydrogen-bond donors (Lipinski definition) is 1.